The fourth-order valence-electron chi connectivity index (χ4n) is 8.58. The second kappa shape index (κ2) is 34.8. The van der Waals surface area contributed by atoms with Gasteiger partial charge in [-0.25, -0.2) is 0 Å². The first-order chi connectivity index (χ1) is 32.3. The summed E-state index contributed by atoms with van der Waals surface area (Å²) in [4.78, 5) is 0. The number of hydrogen-bond donors (Lipinski definition) is 0. The molecule has 386 valence electrons. The molecule has 0 aromatic heterocycles. The highest BCUT2D eigenvalue weighted by molar-refractivity contribution is 5.74. The molecule has 3 aromatic carbocycles. The van der Waals surface area contributed by atoms with Crippen LogP contribution in [-0.2, 0) is 0 Å². The van der Waals surface area contributed by atoms with Gasteiger partial charge >= 0.3 is 0 Å². The average molecular weight is 940 g/mol. The van der Waals surface area contributed by atoms with Crippen molar-refractivity contribution >= 4 is 12.2 Å². The molecule has 4 unspecified atom stereocenters. The first kappa shape index (κ1) is 60.7. The molecule has 3 aromatic rings. The van der Waals surface area contributed by atoms with Crippen molar-refractivity contribution in [2.75, 3.05) is 26.4 Å². The third-order valence-electron chi connectivity index (χ3n) is 13.7. The Morgan fingerprint density at radius 2 is 0.632 bits per heavy atom. The normalized spacial score (nSPS) is 13.5. The van der Waals surface area contributed by atoms with Crippen LogP contribution in [0.5, 0.6) is 23.0 Å². The Hall–Kier alpha value is -3.40. The predicted molar refractivity (Wildman–Crippen MR) is 299 cm³/mol. The molecule has 0 bridgehead atoms. The summed E-state index contributed by atoms with van der Waals surface area (Å²) in [6.07, 6.45) is 24.6. The van der Waals surface area contributed by atoms with Gasteiger partial charge in [0, 0.05) is 5.56 Å². The third kappa shape index (κ3) is 28.3. The van der Waals surface area contributed by atoms with Crippen molar-refractivity contribution in [2.24, 2.45) is 47.3 Å². The van der Waals surface area contributed by atoms with E-state index >= 15 is 0 Å². The Bertz CT molecular complexity index is 1720. The number of rotatable bonds is 34. The second-order valence-corrected chi connectivity index (χ2v) is 23.1. The molecule has 68 heavy (non-hydrogen) atoms. The lowest BCUT2D eigenvalue weighted by molar-refractivity contribution is 0.267. The van der Waals surface area contributed by atoms with Crippen molar-refractivity contribution in [3.8, 4) is 23.0 Å². The van der Waals surface area contributed by atoms with Gasteiger partial charge in [0.2, 0.25) is 0 Å². The van der Waals surface area contributed by atoms with Crippen molar-refractivity contribution in [3.63, 3.8) is 0 Å². The van der Waals surface area contributed by atoms with Gasteiger partial charge in [-0.3, -0.25) is 0 Å². The minimum Gasteiger partial charge on any atom is -0.493 e. The lowest BCUT2D eigenvalue weighted by Crippen LogP contribution is -2.07. The van der Waals surface area contributed by atoms with Crippen molar-refractivity contribution in [2.45, 2.75) is 214 Å². The summed E-state index contributed by atoms with van der Waals surface area (Å²) in [6.45, 7) is 39.5. The molecule has 0 amide bonds. The van der Waals surface area contributed by atoms with Crippen molar-refractivity contribution in [1.29, 1.82) is 0 Å². The summed E-state index contributed by atoms with van der Waals surface area (Å²) in [5.41, 5.74) is 7.05. The molecule has 3 rings (SSSR count). The van der Waals surface area contributed by atoms with Gasteiger partial charge in [-0.05, 0) is 147 Å². The van der Waals surface area contributed by atoms with Crippen LogP contribution in [0.25, 0.3) is 12.2 Å². The number of hydrogen-bond acceptors (Lipinski definition) is 4. The van der Waals surface area contributed by atoms with Crippen LogP contribution in [0, 0.1) is 75.0 Å². The fraction of sp³-hybridized carbons (Fsp3) is 0.688. The van der Waals surface area contributed by atoms with E-state index in [-0.39, 0.29) is 0 Å². The molecule has 0 radical (unpaired) electrons. The van der Waals surface area contributed by atoms with E-state index in [1.54, 1.807) is 0 Å². The van der Waals surface area contributed by atoms with E-state index in [9.17, 15) is 0 Å². The van der Waals surface area contributed by atoms with Crippen LogP contribution in [0.1, 0.15) is 219 Å². The molecule has 0 spiro atoms. The standard InChI is InChI=1S/C36H56O2.C28H50O2/c1-27(2)11-9-13-29(5)21-23-37-35-26-34(20-19-33-17-15-31(7)16-18-33)36(25-32(35)8)38-24-22-30(6)14-10-12-28(3)4;1-21(2)11-9-13-23(5)15-17-29-27-19-26(8)28(20-25(27)7)30-18-16-24(6)14-10-12-22(3)4/h15-20,25-30H,9-14,21-24H2,1-8H3;19-24H,9-18H2,1-8H3/b20-19+;. The molecule has 0 heterocycles. The van der Waals surface area contributed by atoms with E-state index in [1.165, 1.54) is 99.3 Å². The molecule has 0 N–H and O–H groups in total. The molecular weight excluding hydrogens is 833 g/mol. The van der Waals surface area contributed by atoms with E-state index in [1.807, 2.05) is 0 Å². The first-order valence-corrected chi connectivity index (χ1v) is 27.8. The molecule has 4 heteroatoms. The minimum absolute atomic E-state index is 0.687. The maximum absolute atomic E-state index is 6.38. The van der Waals surface area contributed by atoms with Gasteiger partial charge in [-0.2, -0.15) is 0 Å². The smallest absolute Gasteiger partial charge is 0.127 e. The summed E-state index contributed by atoms with van der Waals surface area (Å²) >= 11 is 0. The Morgan fingerprint density at radius 3 is 0.956 bits per heavy atom. The molecule has 0 saturated heterocycles. The average Bonchev–Trinajstić information content (AvgIpc) is 3.25. The number of ether oxygens (including phenoxy) is 4. The number of aryl methyl sites for hydroxylation is 4. The summed E-state index contributed by atoms with van der Waals surface area (Å²) in [5, 5.41) is 0. The zero-order valence-corrected chi connectivity index (χ0v) is 47.2. The molecule has 0 aliphatic carbocycles. The molecule has 4 atom stereocenters. The molecule has 0 saturated carbocycles. The maximum Gasteiger partial charge on any atom is 0.127 e. The van der Waals surface area contributed by atoms with Gasteiger partial charge in [0.05, 0.1) is 26.4 Å². The molecule has 0 aliphatic heterocycles. The summed E-state index contributed by atoms with van der Waals surface area (Å²) < 4.78 is 24.9. The van der Waals surface area contributed by atoms with Crippen LogP contribution in [0.4, 0.5) is 0 Å². The first-order valence-electron chi connectivity index (χ1n) is 27.8. The van der Waals surface area contributed by atoms with Crippen LogP contribution < -0.4 is 18.9 Å². The Morgan fingerprint density at radius 1 is 0.338 bits per heavy atom. The van der Waals surface area contributed by atoms with E-state index in [0.717, 1.165) is 122 Å². The van der Waals surface area contributed by atoms with Crippen molar-refractivity contribution < 1.29 is 18.9 Å². The van der Waals surface area contributed by atoms with Crippen LogP contribution in [0.2, 0.25) is 0 Å². The second-order valence-electron chi connectivity index (χ2n) is 23.1. The summed E-state index contributed by atoms with van der Waals surface area (Å²) in [5.74, 6) is 10.00. The maximum atomic E-state index is 6.38. The van der Waals surface area contributed by atoms with Gasteiger partial charge in [0.25, 0.3) is 0 Å². The Balaban J connectivity index is 0.000000481. The van der Waals surface area contributed by atoms with E-state index in [2.05, 4.69) is 171 Å². The third-order valence-corrected chi connectivity index (χ3v) is 13.7. The van der Waals surface area contributed by atoms with Crippen molar-refractivity contribution in [1.82, 2.24) is 0 Å². The molecule has 0 aliphatic rings. The predicted octanol–water partition coefficient (Wildman–Crippen LogP) is 19.7. The highest BCUT2D eigenvalue weighted by Gasteiger charge is 2.13. The van der Waals surface area contributed by atoms with Crippen molar-refractivity contribution in [3.05, 3.63) is 81.9 Å². The Kier molecular flexibility index (Phi) is 31.1. The molecule has 0 fully saturated rings. The van der Waals surface area contributed by atoms with E-state index in [4.69, 9.17) is 18.9 Å². The number of benzene rings is 3. The SMILES string of the molecule is Cc1cc(OCCC(C)CCCC(C)C)c(C)cc1OCCC(C)CCCC(C)C.Cc1ccc(/C=C/c2cc(OCCC(C)CCCC(C)C)c(C)cc2OCCC(C)CCCC(C)C)cc1. The van der Waals surface area contributed by atoms with E-state index in [0.29, 0.717) is 11.8 Å². The van der Waals surface area contributed by atoms with Gasteiger partial charge in [0.15, 0.2) is 0 Å². The zero-order chi connectivity index (χ0) is 50.4. The highest BCUT2D eigenvalue weighted by atomic mass is 16.5. The summed E-state index contributed by atoms with van der Waals surface area (Å²) in [7, 11) is 0. The lowest BCUT2D eigenvalue weighted by Gasteiger charge is -2.17. The van der Waals surface area contributed by atoms with Gasteiger partial charge < -0.3 is 18.9 Å². The van der Waals surface area contributed by atoms with Gasteiger partial charge in [-0.15, -0.1) is 0 Å². The van der Waals surface area contributed by atoms with Crippen LogP contribution >= 0.6 is 0 Å². The van der Waals surface area contributed by atoms with Crippen LogP contribution in [-0.4, -0.2) is 26.4 Å². The molecule has 4 nitrogen and oxygen atoms in total. The van der Waals surface area contributed by atoms with Crippen LogP contribution in [0.15, 0.2) is 48.5 Å². The van der Waals surface area contributed by atoms with Gasteiger partial charge in [-0.1, -0.05) is 202 Å². The largest absolute Gasteiger partial charge is 0.493 e. The Labute approximate surface area is 421 Å². The lowest BCUT2D eigenvalue weighted by atomic mass is 9.97. The monoisotopic (exact) mass is 939 g/mol. The highest BCUT2D eigenvalue weighted by Crippen LogP contribution is 2.32. The quantitative estimate of drug-likeness (QED) is 0.0559. The van der Waals surface area contributed by atoms with Crippen LogP contribution in [0.3, 0.4) is 0 Å². The molecular formula is C64H106O4. The van der Waals surface area contributed by atoms with E-state index < -0.39 is 0 Å². The topological polar surface area (TPSA) is 36.9 Å². The zero-order valence-electron chi connectivity index (χ0n) is 47.2. The van der Waals surface area contributed by atoms with Gasteiger partial charge in [0.1, 0.15) is 23.0 Å². The summed E-state index contributed by atoms with van der Waals surface area (Å²) in [6, 6.07) is 17.3. The minimum atomic E-state index is 0.687. The fourth-order valence-corrected chi connectivity index (χ4v) is 8.58.